The maximum Gasteiger partial charge on any atom is 0.320 e. The van der Waals surface area contributed by atoms with Gasteiger partial charge < -0.3 is 10.1 Å². The van der Waals surface area contributed by atoms with Gasteiger partial charge in [-0.15, -0.1) is 11.3 Å². The Morgan fingerprint density at radius 1 is 1.21 bits per heavy atom. The number of amides is 1. The summed E-state index contributed by atoms with van der Waals surface area (Å²) in [5, 5.41) is 5.64. The van der Waals surface area contributed by atoms with Crippen LogP contribution in [0.25, 0.3) is 17.1 Å². The van der Waals surface area contributed by atoms with Crippen LogP contribution < -0.4 is 10.1 Å². The van der Waals surface area contributed by atoms with Gasteiger partial charge in [0, 0.05) is 11.5 Å². The van der Waals surface area contributed by atoms with Gasteiger partial charge in [-0.3, -0.25) is 9.36 Å². The molecule has 1 amide bonds. The molecule has 0 spiro atoms. The number of aromatic nitrogens is 3. The molecule has 0 aliphatic heterocycles. The van der Waals surface area contributed by atoms with Crippen molar-refractivity contribution in [3.63, 3.8) is 0 Å². The highest BCUT2D eigenvalue weighted by molar-refractivity contribution is 7.09. The van der Waals surface area contributed by atoms with Crippen LogP contribution in [0.1, 0.15) is 41.6 Å². The van der Waals surface area contributed by atoms with Crippen molar-refractivity contribution in [1.82, 2.24) is 19.9 Å². The second-order valence-electron chi connectivity index (χ2n) is 7.39. The van der Waals surface area contributed by atoms with Crippen LogP contribution in [0.3, 0.4) is 0 Å². The molecule has 0 radical (unpaired) electrons. The molecule has 170 valence electrons. The third-order valence-corrected chi connectivity index (χ3v) is 5.73. The second kappa shape index (κ2) is 9.91. The van der Waals surface area contributed by atoms with E-state index < -0.39 is 18.5 Å². The van der Waals surface area contributed by atoms with Gasteiger partial charge in [-0.1, -0.05) is 24.3 Å². The van der Waals surface area contributed by atoms with Gasteiger partial charge in [-0.25, -0.2) is 9.97 Å². The molecule has 33 heavy (non-hydrogen) atoms. The molecule has 0 fully saturated rings. The highest BCUT2D eigenvalue weighted by atomic mass is 32.1. The number of thiazole rings is 1. The Kier molecular flexibility index (Phi) is 6.79. The zero-order valence-electron chi connectivity index (χ0n) is 18.0. The van der Waals surface area contributed by atoms with E-state index in [-0.39, 0.29) is 5.82 Å². The molecule has 4 rings (SSSR count). The lowest BCUT2D eigenvalue weighted by Gasteiger charge is -2.14. The van der Waals surface area contributed by atoms with Crippen LogP contribution >= 0.6 is 11.3 Å². The van der Waals surface area contributed by atoms with Crippen molar-refractivity contribution >= 4 is 34.4 Å². The predicted molar refractivity (Wildman–Crippen MR) is 124 cm³/mol. The van der Waals surface area contributed by atoms with Crippen LogP contribution in [0.4, 0.5) is 8.78 Å². The zero-order valence-corrected chi connectivity index (χ0v) is 18.9. The Bertz CT molecular complexity index is 1300. The number of fused-ring (bicyclic) bond motifs is 1. The quantitative estimate of drug-likeness (QED) is 0.339. The van der Waals surface area contributed by atoms with Crippen LogP contribution in [0.2, 0.25) is 0 Å². The van der Waals surface area contributed by atoms with E-state index in [1.54, 1.807) is 48.6 Å². The third-order valence-electron chi connectivity index (χ3n) is 4.90. The SMILES string of the molecule is Cc1nc(COc2cccc(/C=C/C(=O)NC(C)c3nc4ccccc4n3C(F)F)c2)cs1. The summed E-state index contributed by atoms with van der Waals surface area (Å²) in [6, 6.07) is 13.2. The summed E-state index contributed by atoms with van der Waals surface area (Å²) in [5.41, 5.74) is 2.41. The number of hydrogen-bond donors (Lipinski definition) is 1. The van der Waals surface area contributed by atoms with Crippen LogP contribution in [0, 0.1) is 6.92 Å². The molecule has 0 saturated heterocycles. The largest absolute Gasteiger partial charge is 0.487 e. The van der Waals surface area contributed by atoms with E-state index in [1.807, 2.05) is 36.6 Å². The van der Waals surface area contributed by atoms with Crippen molar-refractivity contribution in [2.24, 2.45) is 0 Å². The molecule has 2 heterocycles. The van der Waals surface area contributed by atoms with Gasteiger partial charge in [-0.2, -0.15) is 8.78 Å². The number of hydrogen-bond acceptors (Lipinski definition) is 5. The fourth-order valence-corrected chi connectivity index (χ4v) is 4.01. The number of halogens is 2. The van der Waals surface area contributed by atoms with E-state index >= 15 is 0 Å². The number of imidazole rings is 1. The molecule has 0 saturated carbocycles. The van der Waals surface area contributed by atoms with Gasteiger partial charge >= 0.3 is 6.55 Å². The molecular weight excluding hydrogens is 446 g/mol. The number of benzene rings is 2. The lowest BCUT2D eigenvalue weighted by Crippen LogP contribution is -2.27. The highest BCUT2D eigenvalue weighted by Gasteiger charge is 2.22. The number of para-hydroxylation sites is 2. The van der Waals surface area contributed by atoms with E-state index in [0.717, 1.165) is 20.8 Å². The first-order valence-electron chi connectivity index (χ1n) is 10.3. The molecule has 1 atom stereocenters. The molecule has 2 aromatic carbocycles. The lowest BCUT2D eigenvalue weighted by atomic mass is 10.2. The monoisotopic (exact) mass is 468 g/mol. The minimum Gasteiger partial charge on any atom is -0.487 e. The summed E-state index contributed by atoms with van der Waals surface area (Å²) >= 11 is 1.57. The van der Waals surface area contributed by atoms with Crippen molar-refractivity contribution in [3.8, 4) is 5.75 Å². The van der Waals surface area contributed by atoms with Crippen LogP contribution in [0.15, 0.2) is 60.0 Å². The zero-order chi connectivity index (χ0) is 23.4. The summed E-state index contributed by atoms with van der Waals surface area (Å²) in [7, 11) is 0. The van der Waals surface area contributed by atoms with Crippen LogP contribution in [0.5, 0.6) is 5.75 Å². The normalized spacial score (nSPS) is 12.5. The lowest BCUT2D eigenvalue weighted by molar-refractivity contribution is -0.117. The Labute approximate surface area is 193 Å². The topological polar surface area (TPSA) is 69.0 Å². The maximum absolute atomic E-state index is 13.6. The molecule has 1 unspecified atom stereocenters. The van der Waals surface area contributed by atoms with Crippen molar-refractivity contribution in [2.75, 3.05) is 0 Å². The number of rotatable bonds is 8. The third kappa shape index (κ3) is 5.43. The Morgan fingerprint density at radius 3 is 2.79 bits per heavy atom. The van der Waals surface area contributed by atoms with Gasteiger partial charge in [0.05, 0.1) is 27.8 Å². The number of ether oxygens (including phenoxy) is 1. The fourth-order valence-electron chi connectivity index (χ4n) is 3.41. The van der Waals surface area contributed by atoms with E-state index in [4.69, 9.17) is 4.74 Å². The Balaban J connectivity index is 1.41. The van der Waals surface area contributed by atoms with E-state index in [9.17, 15) is 13.6 Å². The van der Waals surface area contributed by atoms with Gasteiger partial charge in [-0.05, 0) is 49.8 Å². The van der Waals surface area contributed by atoms with Crippen LogP contribution in [-0.4, -0.2) is 20.4 Å². The number of carbonyl (C=O) groups is 1. The summed E-state index contributed by atoms with van der Waals surface area (Å²) in [6.07, 6.45) is 2.99. The molecule has 0 aliphatic carbocycles. The smallest absolute Gasteiger partial charge is 0.320 e. The minimum absolute atomic E-state index is 0.0978. The number of carbonyl (C=O) groups excluding carboxylic acids is 1. The second-order valence-corrected chi connectivity index (χ2v) is 8.45. The van der Waals surface area contributed by atoms with Crippen molar-refractivity contribution < 1.29 is 18.3 Å². The van der Waals surface area contributed by atoms with E-state index in [2.05, 4.69) is 15.3 Å². The molecule has 2 aromatic heterocycles. The first-order valence-corrected chi connectivity index (χ1v) is 11.2. The number of aryl methyl sites for hydroxylation is 1. The molecule has 0 aliphatic rings. The average molecular weight is 469 g/mol. The number of alkyl halides is 2. The maximum atomic E-state index is 13.6. The predicted octanol–water partition coefficient (Wildman–Crippen LogP) is 5.67. The number of nitrogens with one attached hydrogen (secondary N) is 1. The first kappa shape index (κ1) is 22.6. The summed E-state index contributed by atoms with van der Waals surface area (Å²) in [5.74, 6) is 0.336. The van der Waals surface area contributed by atoms with E-state index in [0.29, 0.717) is 23.4 Å². The summed E-state index contributed by atoms with van der Waals surface area (Å²) in [6.45, 7) is 1.16. The van der Waals surface area contributed by atoms with Gasteiger partial charge in [0.15, 0.2) is 0 Å². The van der Waals surface area contributed by atoms with Crippen molar-refractivity contribution in [2.45, 2.75) is 33.0 Å². The first-order chi connectivity index (χ1) is 15.9. The van der Waals surface area contributed by atoms with Crippen molar-refractivity contribution in [1.29, 1.82) is 0 Å². The van der Waals surface area contributed by atoms with Gasteiger partial charge in [0.2, 0.25) is 5.91 Å². The summed E-state index contributed by atoms with van der Waals surface area (Å²) in [4.78, 5) is 21.1. The van der Waals surface area contributed by atoms with Gasteiger partial charge in [0.25, 0.3) is 0 Å². The highest BCUT2D eigenvalue weighted by Crippen LogP contribution is 2.26. The van der Waals surface area contributed by atoms with Crippen molar-refractivity contribution in [3.05, 3.63) is 82.1 Å². The Hall–Kier alpha value is -3.59. The molecule has 0 bridgehead atoms. The average Bonchev–Trinajstić information content (AvgIpc) is 3.40. The standard InChI is InChI=1S/C24H22F2N4O2S/c1-15(23-29-20-8-3-4-9-21(20)30(23)24(25)26)27-22(31)11-10-17-6-5-7-19(12-17)32-13-18-14-33-16(2)28-18/h3-12,14-15,24H,13H2,1-2H3,(H,27,31)/b11-10+. The molecule has 4 aromatic rings. The van der Waals surface area contributed by atoms with Crippen LogP contribution in [-0.2, 0) is 11.4 Å². The minimum atomic E-state index is -2.77. The molecule has 1 N–H and O–H groups in total. The van der Waals surface area contributed by atoms with Gasteiger partial charge in [0.1, 0.15) is 18.2 Å². The molecule has 9 heteroatoms. The Morgan fingerprint density at radius 2 is 2.03 bits per heavy atom. The fraction of sp³-hybridized carbons (Fsp3) is 0.208. The number of nitrogens with zero attached hydrogens (tertiary/aromatic N) is 3. The van der Waals surface area contributed by atoms with E-state index in [1.165, 1.54) is 6.08 Å². The molecule has 6 nitrogen and oxygen atoms in total. The summed E-state index contributed by atoms with van der Waals surface area (Å²) < 4.78 is 33.9. The molecular formula is C24H22F2N4O2S.